The van der Waals surface area contributed by atoms with Crippen molar-refractivity contribution >= 4 is 47.0 Å². The molecule has 7 heteroatoms. The van der Waals surface area contributed by atoms with Gasteiger partial charge in [0.05, 0.1) is 6.61 Å². The summed E-state index contributed by atoms with van der Waals surface area (Å²) < 4.78 is 9.11. The monoisotopic (exact) mass is 360 g/mol. The average molecular weight is 362 g/mol. The van der Waals surface area contributed by atoms with E-state index in [1.165, 1.54) is 0 Å². The quantitative estimate of drug-likeness (QED) is 0.521. The summed E-state index contributed by atoms with van der Waals surface area (Å²) in [6, 6.07) is 7.69. The summed E-state index contributed by atoms with van der Waals surface area (Å²) in [5.74, 6) is 1.06. The Balaban J connectivity index is 1.97. The van der Waals surface area contributed by atoms with E-state index < -0.39 is 3.79 Å². The van der Waals surface area contributed by atoms with Gasteiger partial charge in [-0.2, -0.15) is 0 Å². The van der Waals surface area contributed by atoms with Crippen molar-refractivity contribution in [3.05, 3.63) is 41.6 Å². The van der Waals surface area contributed by atoms with Crippen molar-refractivity contribution in [1.82, 2.24) is 10.2 Å². The summed E-state index contributed by atoms with van der Waals surface area (Å²) >= 11 is 17.0. The van der Waals surface area contributed by atoms with Crippen molar-refractivity contribution in [3.63, 3.8) is 0 Å². The molecule has 0 N–H and O–H groups in total. The van der Waals surface area contributed by atoms with Crippen LogP contribution in [-0.4, -0.2) is 16.8 Å². The molecule has 2 rings (SSSR count). The molecule has 0 aliphatic heterocycles. The molecule has 0 aliphatic rings. The lowest BCUT2D eigenvalue weighted by Gasteiger charge is -2.04. The lowest BCUT2D eigenvalue weighted by atomic mass is 10.2. The number of rotatable bonds is 6. The zero-order chi connectivity index (χ0) is 16.0. The third-order valence-corrected chi connectivity index (χ3v) is 3.23. The van der Waals surface area contributed by atoms with Crippen molar-refractivity contribution in [2.45, 2.75) is 23.6 Å². The number of halogens is 3. The second kappa shape index (κ2) is 7.86. The van der Waals surface area contributed by atoms with Gasteiger partial charge in [-0.05, 0) is 30.2 Å². The van der Waals surface area contributed by atoms with Crippen LogP contribution in [0.3, 0.4) is 0 Å². The topological polar surface area (TPSA) is 48.2 Å². The maximum Gasteiger partial charge on any atom is 0.268 e. The van der Waals surface area contributed by atoms with E-state index in [0.29, 0.717) is 0 Å². The zero-order valence-electron chi connectivity index (χ0n) is 11.9. The number of hydrogen-bond acceptors (Lipinski definition) is 4. The van der Waals surface area contributed by atoms with E-state index in [4.69, 9.17) is 44.0 Å². The van der Waals surface area contributed by atoms with Gasteiger partial charge < -0.3 is 9.15 Å². The number of ether oxygens (including phenoxy) is 1. The van der Waals surface area contributed by atoms with Gasteiger partial charge in [-0.1, -0.05) is 60.3 Å². The molecular weight excluding hydrogens is 347 g/mol. The number of benzene rings is 1. The number of nitrogens with zero attached hydrogens (tertiary/aromatic N) is 2. The summed E-state index contributed by atoms with van der Waals surface area (Å²) in [5, 5.41) is 7.46. The first-order valence-corrected chi connectivity index (χ1v) is 7.94. The van der Waals surface area contributed by atoms with Crippen LogP contribution in [0.1, 0.15) is 37.1 Å². The fourth-order valence-electron chi connectivity index (χ4n) is 1.59. The Hall–Kier alpha value is -1.23. The summed E-state index contributed by atoms with van der Waals surface area (Å²) in [7, 11) is 0. The van der Waals surface area contributed by atoms with Crippen molar-refractivity contribution in [1.29, 1.82) is 0 Å². The number of alkyl halides is 3. The first-order chi connectivity index (χ1) is 10.5. The van der Waals surface area contributed by atoms with E-state index in [1.54, 1.807) is 6.08 Å². The predicted octanol–water partition coefficient (Wildman–Crippen LogP) is 5.25. The fraction of sp³-hybridized carbons (Fsp3) is 0.333. The maximum atomic E-state index is 5.66. The van der Waals surface area contributed by atoms with Gasteiger partial charge in [0, 0.05) is 6.08 Å². The minimum atomic E-state index is -1.71. The highest BCUT2D eigenvalue weighted by Crippen LogP contribution is 2.37. The third kappa shape index (κ3) is 5.20. The van der Waals surface area contributed by atoms with Gasteiger partial charge in [0.2, 0.25) is 5.89 Å². The molecule has 1 aromatic carbocycles. The molecule has 1 aromatic heterocycles. The van der Waals surface area contributed by atoms with E-state index in [0.717, 1.165) is 30.8 Å². The van der Waals surface area contributed by atoms with E-state index in [-0.39, 0.29) is 11.8 Å². The molecule has 1 heterocycles. The molecule has 0 atom stereocenters. The van der Waals surface area contributed by atoms with Crippen LogP contribution >= 0.6 is 34.8 Å². The molecule has 0 spiro atoms. The van der Waals surface area contributed by atoms with Gasteiger partial charge in [-0.25, -0.2) is 0 Å². The van der Waals surface area contributed by atoms with Crippen LogP contribution in [0.25, 0.3) is 12.2 Å². The number of aromatic nitrogens is 2. The van der Waals surface area contributed by atoms with Crippen molar-refractivity contribution < 1.29 is 9.15 Å². The molecule has 22 heavy (non-hydrogen) atoms. The minimum Gasteiger partial charge on any atom is -0.494 e. The molecule has 0 saturated carbocycles. The summed E-state index contributed by atoms with van der Waals surface area (Å²) in [4.78, 5) is 0. The van der Waals surface area contributed by atoms with Crippen molar-refractivity contribution in [2.75, 3.05) is 6.61 Å². The third-order valence-electron chi connectivity index (χ3n) is 2.75. The van der Waals surface area contributed by atoms with E-state index in [9.17, 15) is 0 Å². The first-order valence-electron chi connectivity index (χ1n) is 6.80. The van der Waals surface area contributed by atoms with Gasteiger partial charge in [0.15, 0.2) is 0 Å². The fourth-order valence-corrected chi connectivity index (χ4v) is 1.82. The second-order valence-corrected chi connectivity index (χ2v) is 6.83. The number of unbranched alkanes of at least 4 members (excludes halogenated alkanes) is 1. The molecule has 0 unspecified atom stereocenters. The minimum absolute atomic E-state index is 0.0585. The van der Waals surface area contributed by atoms with Crippen LogP contribution in [0.15, 0.2) is 28.7 Å². The largest absolute Gasteiger partial charge is 0.494 e. The molecule has 0 radical (unpaired) electrons. The molecule has 4 nitrogen and oxygen atoms in total. The zero-order valence-corrected chi connectivity index (χ0v) is 14.2. The Labute approximate surface area is 144 Å². The number of hydrogen-bond donors (Lipinski definition) is 0. The molecule has 2 aromatic rings. The lowest BCUT2D eigenvalue weighted by molar-refractivity contribution is 0.309. The molecular formula is C15H15Cl3N2O2. The van der Waals surface area contributed by atoms with Crippen LogP contribution in [0.4, 0.5) is 0 Å². The van der Waals surface area contributed by atoms with Crippen LogP contribution in [-0.2, 0) is 3.79 Å². The summed E-state index contributed by atoms with van der Waals surface area (Å²) in [6.45, 7) is 2.86. The van der Waals surface area contributed by atoms with Crippen molar-refractivity contribution in [2.24, 2.45) is 0 Å². The average Bonchev–Trinajstić information content (AvgIpc) is 2.96. The van der Waals surface area contributed by atoms with Crippen LogP contribution in [0.5, 0.6) is 5.75 Å². The Morgan fingerprint density at radius 3 is 2.45 bits per heavy atom. The summed E-state index contributed by atoms with van der Waals surface area (Å²) in [6.07, 6.45) is 5.64. The Bertz CT molecular complexity index is 618. The lowest BCUT2D eigenvalue weighted by Crippen LogP contribution is -1.99. The predicted molar refractivity (Wildman–Crippen MR) is 89.3 cm³/mol. The van der Waals surface area contributed by atoms with Gasteiger partial charge in [-0.15, -0.1) is 10.2 Å². The Morgan fingerprint density at radius 2 is 1.86 bits per heavy atom. The normalized spacial score (nSPS) is 12.0. The highest BCUT2D eigenvalue weighted by atomic mass is 35.6. The van der Waals surface area contributed by atoms with Crippen LogP contribution in [0.2, 0.25) is 0 Å². The second-order valence-electron chi connectivity index (χ2n) is 4.55. The first kappa shape index (κ1) is 17.1. The van der Waals surface area contributed by atoms with Crippen LogP contribution in [0, 0.1) is 0 Å². The van der Waals surface area contributed by atoms with Crippen LogP contribution < -0.4 is 4.74 Å². The molecule has 0 saturated heterocycles. The Morgan fingerprint density at radius 1 is 1.14 bits per heavy atom. The van der Waals surface area contributed by atoms with Gasteiger partial charge in [-0.3, -0.25) is 0 Å². The summed E-state index contributed by atoms with van der Waals surface area (Å²) in [5.41, 5.74) is 0.969. The SMILES string of the molecule is CCCCOc1ccc(/C=C/c2nnc(C(Cl)(Cl)Cl)o2)cc1. The maximum absolute atomic E-state index is 5.66. The smallest absolute Gasteiger partial charge is 0.268 e. The molecule has 0 aliphatic carbocycles. The Kier molecular flexibility index (Phi) is 6.12. The standard InChI is InChI=1S/C15H15Cl3N2O2/c1-2-3-10-21-12-7-4-11(5-8-12)6-9-13-19-20-14(22-13)15(16,17)18/h4-9H,2-3,10H2,1H3/b9-6+. The molecule has 118 valence electrons. The highest BCUT2D eigenvalue weighted by molar-refractivity contribution is 6.66. The van der Waals surface area contributed by atoms with E-state index >= 15 is 0 Å². The molecule has 0 bridgehead atoms. The van der Waals surface area contributed by atoms with Crippen molar-refractivity contribution in [3.8, 4) is 5.75 Å². The van der Waals surface area contributed by atoms with Gasteiger partial charge in [0.25, 0.3) is 9.68 Å². The van der Waals surface area contributed by atoms with E-state index in [2.05, 4.69) is 17.1 Å². The molecule has 0 amide bonds. The van der Waals surface area contributed by atoms with E-state index in [1.807, 2.05) is 30.3 Å². The highest BCUT2D eigenvalue weighted by Gasteiger charge is 2.29. The molecule has 0 fully saturated rings. The van der Waals surface area contributed by atoms with Gasteiger partial charge >= 0.3 is 0 Å². The van der Waals surface area contributed by atoms with Gasteiger partial charge in [0.1, 0.15) is 5.75 Å².